The van der Waals surface area contributed by atoms with Crippen molar-refractivity contribution in [3.05, 3.63) is 76.1 Å². The van der Waals surface area contributed by atoms with Gasteiger partial charge in [-0.25, -0.2) is 4.79 Å². The van der Waals surface area contributed by atoms with E-state index < -0.39 is 11.5 Å². The third kappa shape index (κ3) is 6.23. The molecule has 1 aromatic heterocycles. The first-order valence-electron chi connectivity index (χ1n) is 17.8. The van der Waals surface area contributed by atoms with Crippen molar-refractivity contribution in [2.75, 3.05) is 25.1 Å². The molecule has 8 heteroatoms. The lowest BCUT2D eigenvalue weighted by Crippen LogP contribution is -2.53. The predicted octanol–water partition coefficient (Wildman–Crippen LogP) is 9.00. The van der Waals surface area contributed by atoms with E-state index in [-0.39, 0.29) is 10.8 Å². The molecule has 1 spiro atoms. The van der Waals surface area contributed by atoms with Gasteiger partial charge in [0, 0.05) is 33.6 Å². The Hall–Kier alpha value is -3.45. The number of benzene rings is 2. The van der Waals surface area contributed by atoms with E-state index in [9.17, 15) is 9.90 Å². The first-order valence-corrected chi connectivity index (χ1v) is 18.2. The SMILES string of the molecule is C[C@@H](COc1ccnc2c1[C@H](C)CCC2)CC1Cc2cc3c(cc2C12CCC(Nc1cccc(Cl)c1)(C(=O)O)CC2)OCC(C)(C)CO3. The number of aromatic nitrogens is 1. The highest BCUT2D eigenvalue weighted by Gasteiger charge is 2.54. The molecular formula is C40H49ClN2O5. The van der Waals surface area contributed by atoms with Gasteiger partial charge in [-0.05, 0) is 128 Å². The fourth-order valence-corrected chi connectivity index (χ4v) is 9.12. The second-order valence-electron chi connectivity index (χ2n) is 15.9. The van der Waals surface area contributed by atoms with E-state index in [1.807, 2.05) is 24.4 Å². The zero-order valence-corrected chi connectivity index (χ0v) is 29.5. The van der Waals surface area contributed by atoms with Crippen molar-refractivity contribution >= 4 is 23.3 Å². The van der Waals surface area contributed by atoms with E-state index in [0.29, 0.717) is 55.4 Å². The van der Waals surface area contributed by atoms with Gasteiger partial charge in [0.25, 0.3) is 0 Å². The van der Waals surface area contributed by atoms with Crippen molar-refractivity contribution in [1.29, 1.82) is 0 Å². The lowest BCUT2D eigenvalue weighted by molar-refractivity contribution is -0.144. The number of carboxylic acids is 1. The number of fused-ring (bicyclic) bond motifs is 4. The molecule has 48 heavy (non-hydrogen) atoms. The van der Waals surface area contributed by atoms with E-state index in [2.05, 4.69) is 50.1 Å². The smallest absolute Gasteiger partial charge is 0.329 e. The topological polar surface area (TPSA) is 89.9 Å². The number of carbonyl (C=O) groups is 1. The molecule has 1 aliphatic heterocycles. The summed E-state index contributed by atoms with van der Waals surface area (Å²) in [5.74, 6) is 2.91. The predicted molar refractivity (Wildman–Crippen MR) is 189 cm³/mol. The summed E-state index contributed by atoms with van der Waals surface area (Å²) in [5.41, 5.74) is 4.51. The van der Waals surface area contributed by atoms with Gasteiger partial charge in [0.2, 0.25) is 0 Å². The normalized spacial score (nSPS) is 27.8. The maximum Gasteiger partial charge on any atom is 0.329 e. The molecule has 7 nitrogen and oxygen atoms in total. The number of anilines is 1. The maximum absolute atomic E-state index is 13.0. The quantitative estimate of drug-likeness (QED) is 0.247. The molecule has 2 aromatic carbocycles. The molecular weight excluding hydrogens is 624 g/mol. The Bertz CT molecular complexity index is 1680. The Morgan fingerprint density at radius 1 is 1.10 bits per heavy atom. The molecule has 3 aliphatic carbocycles. The van der Waals surface area contributed by atoms with Crippen molar-refractivity contribution in [3.8, 4) is 17.2 Å². The summed E-state index contributed by atoms with van der Waals surface area (Å²) in [6.45, 7) is 10.7. The van der Waals surface area contributed by atoms with Crippen molar-refractivity contribution in [1.82, 2.24) is 4.98 Å². The number of aliphatic carboxylic acids is 1. The van der Waals surface area contributed by atoms with Gasteiger partial charge in [-0.15, -0.1) is 0 Å². The van der Waals surface area contributed by atoms with Crippen molar-refractivity contribution in [2.24, 2.45) is 17.3 Å². The standard InChI is InChI=1S/C40H49ClN2O5/c1-25(22-46-33-11-16-42-32-10-5-7-26(2)36(32)33)17-28-18-27-19-34-35(48-24-38(3,4)23-47-34)21-31(27)39(28)12-14-40(15-13-39,37(44)45)43-30-9-6-8-29(41)20-30/h6,8-9,11,16,19-21,25-26,28,43H,5,7,10,12-15,17-18,22-24H2,1-4H3,(H,44,45)/t25-,26-,28?,39?,40?/m1/s1. The second-order valence-corrected chi connectivity index (χ2v) is 16.3. The van der Waals surface area contributed by atoms with Crippen LogP contribution < -0.4 is 19.5 Å². The summed E-state index contributed by atoms with van der Waals surface area (Å²) < 4.78 is 19.3. The highest BCUT2D eigenvalue weighted by atomic mass is 35.5. The zero-order chi connectivity index (χ0) is 33.7. The molecule has 3 aromatic rings. The van der Waals surface area contributed by atoms with E-state index in [0.717, 1.165) is 55.0 Å². The van der Waals surface area contributed by atoms with Crippen LogP contribution in [0.2, 0.25) is 5.02 Å². The minimum atomic E-state index is -1.07. The lowest BCUT2D eigenvalue weighted by Gasteiger charge is -2.47. The van der Waals surface area contributed by atoms with Crippen LogP contribution >= 0.6 is 11.6 Å². The molecule has 0 saturated heterocycles. The van der Waals surface area contributed by atoms with Crippen LogP contribution in [0.15, 0.2) is 48.7 Å². The van der Waals surface area contributed by atoms with Gasteiger partial charge < -0.3 is 24.6 Å². The van der Waals surface area contributed by atoms with Gasteiger partial charge in [0.05, 0.1) is 19.8 Å². The fraction of sp³-hybridized carbons (Fsp3) is 0.550. The Labute approximate surface area is 289 Å². The summed E-state index contributed by atoms with van der Waals surface area (Å²) in [4.78, 5) is 17.6. The summed E-state index contributed by atoms with van der Waals surface area (Å²) in [6, 6.07) is 13.8. The van der Waals surface area contributed by atoms with E-state index >= 15 is 0 Å². The first kappa shape index (κ1) is 33.1. The molecule has 7 rings (SSSR count). The summed E-state index contributed by atoms with van der Waals surface area (Å²) >= 11 is 6.28. The van der Waals surface area contributed by atoms with Crippen LogP contribution in [0, 0.1) is 17.3 Å². The maximum atomic E-state index is 13.0. The van der Waals surface area contributed by atoms with Gasteiger partial charge in [0.1, 0.15) is 11.3 Å². The molecule has 0 radical (unpaired) electrons. The molecule has 1 unspecified atom stereocenters. The highest BCUT2D eigenvalue weighted by molar-refractivity contribution is 6.30. The van der Waals surface area contributed by atoms with Gasteiger partial charge in [0.15, 0.2) is 11.5 Å². The molecule has 256 valence electrons. The zero-order valence-electron chi connectivity index (χ0n) is 28.7. The number of nitrogens with zero attached hydrogens (tertiary/aromatic N) is 1. The van der Waals surface area contributed by atoms with Crippen LogP contribution in [0.25, 0.3) is 0 Å². The Morgan fingerprint density at radius 2 is 1.85 bits per heavy atom. The van der Waals surface area contributed by atoms with Gasteiger partial charge >= 0.3 is 5.97 Å². The number of rotatable bonds is 8. The number of pyridine rings is 1. The number of nitrogens with one attached hydrogen (secondary N) is 1. The van der Waals surface area contributed by atoms with Crippen molar-refractivity contribution in [3.63, 3.8) is 0 Å². The van der Waals surface area contributed by atoms with Crippen molar-refractivity contribution < 1.29 is 24.1 Å². The number of hydrogen-bond donors (Lipinski definition) is 2. The molecule has 4 aliphatic rings. The lowest BCUT2D eigenvalue weighted by atomic mass is 9.59. The molecule has 1 fully saturated rings. The molecule has 1 saturated carbocycles. The summed E-state index contributed by atoms with van der Waals surface area (Å²) in [6.07, 6.45) is 9.74. The number of aryl methyl sites for hydroxylation is 1. The molecule has 2 heterocycles. The largest absolute Gasteiger partial charge is 0.493 e. The molecule has 0 bridgehead atoms. The average molecular weight is 673 g/mol. The van der Waals surface area contributed by atoms with Gasteiger partial charge in [-0.3, -0.25) is 4.98 Å². The van der Waals surface area contributed by atoms with Crippen molar-refractivity contribution in [2.45, 2.75) is 102 Å². The molecule has 0 amide bonds. The highest BCUT2D eigenvalue weighted by Crippen LogP contribution is 2.58. The van der Waals surface area contributed by atoms with Gasteiger partial charge in [-0.1, -0.05) is 45.4 Å². The van der Waals surface area contributed by atoms with E-state index in [1.165, 1.54) is 35.2 Å². The van der Waals surface area contributed by atoms with Crippen LogP contribution in [0.4, 0.5) is 5.69 Å². The fourth-order valence-electron chi connectivity index (χ4n) is 8.93. The Balaban J connectivity index is 1.16. The third-order valence-corrected chi connectivity index (χ3v) is 11.8. The summed E-state index contributed by atoms with van der Waals surface area (Å²) in [7, 11) is 0. The Morgan fingerprint density at radius 3 is 2.58 bits per heavy atom. The number of ether oxygens (including phenoxy) is 3. The minimum Gasteiger partial charge on any atom is -0.493 e. The van der Waals surface area contributed by atoms with Crippen LogP contribution in [0.5, 0.6) is 17.2 Å². The number of carboxylic acid groups (broad SMARTS) is 1. The third-order valence-electron chi connectivity index (χ3n) is 11.6. The Kier molecular flexibility index (Phi) is 8.80. The van der Waals surface area contributed by atoms with Gasteiger partial charge in [-0.2, -0.15) is 0 Å². The number of halogens is 1. The molecule has 2 N–H and O–H groups in total. The number of hydrogen-bond acceptors (Lipinski definition) is 6. The average Bonchev–Trinajstić information content (AvgIpc) is 3.23. The monoisotopic (exact) mass is 672 g/mol. The first-order chi connectivity index (χ1) is 23.0. The van der Waals surface area contributed by atoms with Crippen LogP contribution in [-0.2, 0) is 23.1 Å². The van der Waals surface area contributed by atoms with Crippen LogP contribution in [-0.4, -0.2) is 41.4 Å². The second kappa shape index (κ2) is 12.8. The van der Waals surface area contributed by atoms with Crippen LogP contribution in [0.3, 0.4) is 0 Å². The molecule has 3 atom stereocenters. The van der Waals surface area contributed by atoms with Crippen LogP contribution in [0.1, 0.15) is 101 Å². The van der Waals surface area contributed by atoms with E-state index in [4.69, 9.17) is 25.8 Å². The summed E-state index contributed by atoms with van der Waals surface area (Å²) in [5, 5.41) is 14.6. The van der Waals surface area contributed by atoms with E-state index in [1.54, 1.807) is 12.1 Å². The minimum absolute atomic E-state index is 0.0804.